The lowest BCUT2D eigenvalue weighted by molar-refractivity contribution is 0.100. The lowest BCUT2D eigenvalue weighted by Crippen LogP contribution is -2.24. The summed E-state index contributed by atoms with van der Waals surface area (Å²) in [6.07, 6.45) is 3.02. The Morgan fingerprint density at radius 3 is 2.50 bits per heavy atom. The van der Waals surface area contributed by atoms with Gasteiger partial charge in [0.25, 0.3) is 11.5 Å². The SMILES string of the molecule is CN(C)Cc1ccc2c(C(N)=O)cn(-c3cccc(-n4ncc5cc(C(C)(C)C)cc(F)c5c4=O)c3CO)c2n1. The first-order valence-corrected chi connectivity index (χ1v) is 12.8. The summed E-state index contributed by atoms with van der Waals surface area (Å²) in [6.45, 7) is 6.00. The number of aromatic nitrogens is 4. The van der Waals surface area contributed by atoms with Gasteiger partial charge in [-0.15, -0.1) is 0 Å². The number of aliphatic hydroxyl groups excluding tert-OH is 1. The van der Waals surface area contributed by atoms with Crippen molar-refractivity contribution < 1.29 is 14.3 Å². The molecule has 0 bridgehead atoms. The van der Waals surface area contributed by atoms with Crippen molar-refractivity contribution in [3.63, 3.8) is 0 Å². The number of nitrogens with two attached hydrogens (primary N) is 1. The molecular formula is C30H31FN6O3. The van der Waals surface area contributed by atoms with E-state index in [0.29, 0.717) is 34.2 Å². The third-order valence-electron chi connectivity index (χ3n) is 6.93. The van der Waals surface area contributed by atoms with Crippen LogP contribution in [0.25, 0.3) is 33.2 Å². The van der Waals surface area contributed by atoms with Crippen molar-refractivity contribution in [2.45, 2.75) is 39.3 Å². The molecule has 0 saturated carbocycles. The highest BCUT2D eigenvalue weighted by Crippen LogP contribution is 2.30. The Balaban J connectivity index is 1.75. The molecule has 0 radical (unpaired) electrons. The highest BCUT2D eigenvalue weighted by Gasteiger charge is 2.22. The van der Waals surface area contributed by atoms with Crippen molar-refractivity contribution in [2.75, 3.05) is 14.1 Å². The molecule has 5 rings (SSSR count). The number of carbonyl (C=O) groups is 1. The Morgan fingerprint density at radius 2 is 1.85 bits per heavy atom. The maximum atomic E-state index is 15.3. The van der Waals surface area contributed by atoms with E-state index in [1.807, 2.05) is 45.8 Å². The highest BCUT2D eigenvalue weighted by atomic mass is 19.1. The van der Waals surface area contributed by atoms with E-state index in [4.69, 9.17) is 10.7 Å². The molecule has 0 spiro atoms. The van der Waals surface area contributed by atoms with E-state index in [1.165, 1.54) is 12.3 Å². The predicted octanol–water partition coefficient (Wildman–Crippen LogP) is 3.81. The van der Waals surface area contributed by atoms with Crippen LogP contribution >= 0.6 is 0 Å². The fraction of sp³-hybridized carbons (Fsp3) is 0.267. The van der Waals surface area contributed by atoms with Crippen LogP contribution in [0.5, 0.6) is 0 Å². The van der Waals surface area contributed by atoms with Crippen LogP contribution in [-0.2, 0) is 18.6 Å². The topological polar surface area (TPSA) is 119 Å². The first-order chi connectivity index (χ1) is 18.9. The molecule has 0 saturated heterocycles. The van der Waals surface area contributed by atoms with E-state index in [0.717, 1.165) is 15.9 Å². The number of pyridine rings is 1. The molecule has 0 fully saturated rings. The highest BCUT2D eigenvalue weighted by molar-refractivity contribution is 6.06. The van der Waals surface area contributed by atoms with E-state index < -0.39 is 23.9 Å². The molecule has 0 atom stereocenters. The Bertz CT molecular complexity index is 1850. The number of hydrogen-bond acceptors (Lipinski definition) is 6. The number of nitrogens with zero attached hydrogens (tertiary/aromatic N) is 5. The molecule has 1 amide bonds. The van der Waals surface area contributed by atoms with Gasteiger partial charge in [-0.1, -0.05) is 26.8 Å². The molecule has 3 heterocycles. The smallest absolute Gasteiger partial charge is 0.282 e. The van der Waals surface area contributed by atoms with E-state index in [9.17, 15) is 14.7 Å². The fourth-order valence-electron chi connectivity index (χ4n) is 4.92. The van der Waals surface area contributed by atoms with Crippen molar-refractivity contribution in [1.29, 1.82) is 0 Å². The Hall–Kier alpha value is -4.41. The Kier molecular flexibility index (Phi) is 6.77. The number of amides is 1. The minimum absolute atomic E-state index is 0.0882. The molecule has 10 heteroatoms. The van der Waals surface area contributed by atoms with E-state index in [-0.39, 0.29) is 22.1 Å². The van der Waals surface area contributed by atoms with Gasteiger partial charge in [0.1, 0.15) is 11.5 Å². The number of halogens is 1. The molecule has 0 aliphatic heterocycles. The first-order valence-electron chi connectivity index (χ1n) is 12.8. The lowest BCUT2D eigenvalue weighted by Gasteiger charge is -2.20. The summed E-state index contributed by atoms with van der Waals surface area (Å²) >= 11 is 0. The first kappa shape index (κ1) is 27.2. The second-order valence-corrected chi connectivity index (χ2v) is 11.2. The number of fused-ring (bicyclic) bond motifs is 2. The minimum Gasteiger partial charge on any atom is -0.392 e. The van der Waals surface area contributed by atoms with Gasteiger partial charge in [-0.25, -0.2) is 9.37 Å². The normalized spacial score (nSPS) is 12.1. The quantitative estimate of drug-likeness (QED) is 0.337. The number of carbonyl (C=O) groups excluding carboxylic acids is 1. The summed E-state index contributed by atoms with van der Waals surface area (Å²) in [5, 5.41) is 15.7. The third kappa shape index (κ3) is 4.65. The van der Waals surface area contributed by atoms with E-state index >= 15 is 4.39 Å². The van der Waals surface area contributed by atoms with Gasteiger partial charge in [0.15, 0.2) is 0 Å². The van der Waals surface area contributed by atoms with Crippen molar-refractivity contribution >= 4 is 27.7 Å². The van der Waals surface area contributed by atoms with Gasteiger partial charge in [0.2, 0.25) is 0 Å². The molecule has 40 heavy (non-hydrogen) atoms. The zero-order valence-electron chi connectivity index (χ0n) is 23.1. The summed E-state index contributed by atoms with van der Waals surface area (Å²) in [4.78, 5) is 32.6. The van der Waals surface area contributed by atoms with Crippen LogP contribution in [-0.4, -0.2) is 49.3 Å². The summed E-state index contributed by atoms with van der Waals surface area (Å²) in [6, 6.07) is 11.8. The molecule has 3 aromatic heterocycles. The van der Waals surface area contributed by atoms with Crippen molar-refractivity contribution in [3.05, 3.63) is 93.4 Å². The molecule has 9 nitrogen and oxygen atoms in total. The third-order valence-corrected chi connectivity index (χ3v) is 6.93. The summed E-state index contributed by atoms with van der Waals surface area (Å²) in [7, 11) is 3.85. The van der Waals surface area contributed by atoms with Crippen LogP contribution < -0.4 is 11.3 Å². The number of hydrogen-bond donors (Lipinski definition) is 2. The second-order valence-electron chi connectivity index (χ2n) is 11.2. The number of primary amides is 1. The van der Waals surface area contributed by atoms with Crippen molar-refractivity contribution in [2.24, 2.45) is 5.73 Å². The van der Waals surface area contributed by atoms with Crippen molar-refractivity contribution in [3.8, 4) is 11.4 Å². The van der Waals surface area contributed by atoms with Crippen molar-refractivity contribution in [1.82, 2.24) is 24.2 Å². The average Bonchev–Trinajstić information content (AvgIpc) is 3.26. The van der Waals surface area contributed by atoms with Gasteiger partial charge in [-0.2, -0.15) is 9.78 Å². The van der Waals surface area contributed by atoms with Crippen LogP contribution in [0.15, 0.2) is 59.7 Å². The molecular weight excluding hydrogens is 511 g/mol. The van der Waals surface area contributed by atoms with Crippen LogP contribution in [0.4, 0.5) is 4.39 Å². The van der Waals surface area contributed by atoms with Crippen LogP contribution in [0, 0.1) is 5.82 Å². The molecule has 0 aliphatic carbocycles. The standard InChI is InChI=1S/C30H31FN6O3/c1-30(2,3)18-11-17-13-33-37(29(40)26(17)23(31)12-18)25-8-6-7-24(22(25)16-38)36-15-21(27(32)39)20-10-9-19(14-35(4)5)34-28(20)36/h6-13,15,38H,14,16H2,1-5H3,(H2,32,39). The summed E-state index contributed by atoms with van der Waals surface area (Å²) in [5.41, 5.74) is 8.07. The zero-order valence-corrected chi connectivity index (χ0v) is 23.1. The molecule has 206 valence electrons. The predicted molar refractivity (Wildman–Crippen MR) is 152 cm³/mol. The van der Waals surface area contributed by atoms with E-state index in [1.54, 1.807) is 41.1 Å². The van der Waals surface area contributed by atoms with Gasteiger partial charge in [0.05, 0.1) is 40.8 Å². The zero-order chi connectivity index (χ0) is 28.9. The second kappa shape index (κ2) is 9.96. The largest absolute Gasteiger partial charge is 0.392 e. The monoisotopic (exact) mass is 542 g/mol. The van der Waals surface area contributed by atoms with Crippen LogP contribution in [0.2, 0.25) is 0 Å². The fourth-order valence-corrected chi connectivity index (χ4v) is 4.92. The van der Waals surface area contributed by atoms with Crippen LogP contribution in [0.3, 0.4) is 0 Å². The number of aliphatic hydroxyl groups is 1. The Morgan fingerprint density at radius 1 is 1.12 bits per heavy atom. The van der Waals surface area contributed by atoms with Gasteiger partial charge >= 0.3 is 0 Å². The maximum Gasteiger partial charge on any atom is 0.282 e. The average molecular weight is 543 g/mol. The maximum absolute atomic E-state index is 15.3. The molecule has 5 aromatic rings. The van der Waals surface area contributed by atoms with E-state index in [2.05, 4.69) is 5.10 Å². The number of benzene rings is 2. The molecule has 2 aromatic carbocycles. The number of rotatable bonds is 6. The molecule has 3 N–H and O–H groups in total. The summed E-state index contributed by atoms with van der Waals surface area (Å²) in [5.74, 6) is -1.25. The van der Waals surface area contributed by atoms with Gasteiger partial charge in [-0.3, -0.25) is 9.59 Å². The summed E-state index contributed by atoms with van der Waals surface area (Å²) < 4.78 is 18.0. The molecule has 0 aliphatic rings. The minimum atomic E-state index is -0.649. The van der Waals surface area contributed by atoms with Crippen LogP contribution in [0.1, 0.15) is 48.0 Å². The Labute approximate surface area is 230 Å². The lowest BCUT2D eigenvalue weighted by atomic mass is 9.86. The van der Waals surface area contributed by atoms with Gasteiger partial charge in [-0.05, 0) is 61.5 Å². The van der Waals surface area contributed by atoms with Gasteiger partial charge < -0.3 is 20.3 Å². The molecule has 0 unspecified atom stereocenters. The van der Waals surface area contributed by atoms with Gasteiger partial charge in [0, 0.05) is 29.1 Å².